The van der Waals surface area contributed by atoms with Crippen LogP contribution in [-0.4, -0.2) is 38.4 Å². The Kier molecular flexibility index (Phi) is 6.34. The summed E-state index contributed by atoms with van der Waals surface area (Å²) in [5.74, 6) is 0.414. The normalized spacial score (nSPS) is 20.1. The molecular weight excluding hydrogens is 388 g/mol. The molecule has 1 atom stereocenters. The predicted octanol–water partition coefficient (Wildman–Crippen LogP) is 3.54. The van der Waals surface area contributed by atoms with Crippen molar-refractivity contribution < 1.29 is 18.7 Å². The summed E-state index contributed by atoms with van der Waals surface area (Å²) in [5.41, 5.74) is 0. The lowest BCUT2D eigenvalue weighted by Gasteiger charge is -2.44. The van der Waals surface area contributed by atoms with Crippen LogP contribution in [0.2, 0.25) is 5.04 Å². The number of hydrogen-bond donors (Lipinski definition) is 0. The van der Waals surface area contributed by atoms with Crippen LogP contribution in [0.4, 0.5) is 0 Å². The number of hydrogen-bond acceptors (Lipinski definition) is 5. The van der Waals surface area contributed by atoms with E-state index in [9.17, 15) is 4.79 Å². The number of carbonyl (C=O) groups is 1. The molecular formula is C22H28O4SSi. The minimum atomic E-state index is -2.70. The molecule has 1 unspecified atom stereocenters. The van der Waals surface area contributed by atoms with Gasteiger partial charge in [0, 0.05) is 12.7 Å². The second-order valence-corrected chi connectivity index (χ2v) is 13.6. The van der Waals surface area contributed by atoms with E-state index in [0.717, 1.165) is 5.75 Å². The van der Waals surface area contributed by atoms with E-state index in [1.165, 1.54) is 29.1 Å². The molecule has 0 bridgehead atoms. The van der Waals surface area contributed by atoms with Crippen molar-refractivity contribution in [3.05, 3.63) is 60.7 Å². The van der Waals surface area contributed by atoms with Gasteiger partial charge in [-0.05, 0) is 15.4 Å². The van der Waals surface area contributed by atoms with Gasteiger partial charge < -0.3 is 13.9 Å². The van der Waals surface area contributed by atoms with Gasteiger partial charge in [0.25, 0.3) is 13.4 Å². The van der Waals surface area contributed by atoms with Crippen LogP contribution in [0.15, 0.2) is 60.7 Å². The van der Waals surface area contributed by atoms with Crippen molar-refractivity contribution in [3.8, 4) is 0 Å². The molecule has 0 amide bonds. The Morgan fingerprint density at radius 2 is 1.61 bits per heavy atom. The number of carbonyl (C=O) groups excluding carboxylic acids is 1. The smallest absolute Gasteiger partial charge is 0.305 e. The number of thioether (sulfide) groups is 1. The van der Waals surface area contributed by atoms with Crippen molar-refractivity contribution in [1.82, 2.24) is 0 Å². The van der Waals surface area contributed by atoms with Gasteiger partial charge in [-0.15, -0.1) is 0 Å². The molecule has 0 saturated carbocycles. The average molecular weight is 417 g/mol. The lowest BCUT2D eigenvalue weighted by molar-refractivity contribution is -0.191. The standard InChI is InChI=1S/C22H28O4SSi/c1-18(23)26-22(24-15-16-27-22)17-25-28(21(2,3)4,19-11-7-5-8-12-19)20-13-9-6-10-14-20/h5-14H,15-17H2,1-4H3. The Morgan fingerprint density at radius 1 is 1.07 bits per heavy atom. The quantitative estimate of drug-likeness (QED) is 0.532. The zero-order valence-corrected chi connectivity index (χ0v) is 18.8. The molecule has 0 aromatic heterocycles. The third kappa shape index (κ3) is 4.20. The van der Waals surface area contributed by atoms with Gasteiger partial charge in [-0.3, -0.25) is 4.79 Å². The van der Waals surface area contributed by atoms with Crippen LogP contribution in [0, 0.1) is 0 Å². The first kappa shape index (κ1) is 21.1. The fourth-order valence-corrected chi connectivity index (χ4v) is 9.41. The fraction of sp³-hybridized carbons (Fsp3) is 0.409. The number of esters is 1. The Balaban J connectivity index is 2.07. The molecule has 4 nitrogen and oxygen atoms in total. The highest BCUT2D eigenvalue weighted by atomic mass is 32.2. The van der Waals surface area contributed by atoms with E-state index in [-0.39, 0.29) is 17.6 Å². The third-order valence-corrected chi connectivity index (χ3v) is 11.0. The lowest BCUT2D eigenvalue weighted by atomic mass is 10.2. The molecule has 1 fully saturated rings. The number of ether oxygens (including phenoxy) is 2. The summed E-state index contributed by atoms with van der Waals surface area (Å²) in [6.07, 6.45) is 0. The summed E-state index contributed by atoms with van der Waals surface area (Å²) >= 11 is 1.49. The Morgan fingerprint density at radius 3 is 2.00 bits per heavy atom. The van der Waals surface area contributed by atoms with Gasteiger partial charge in [0.05, 0.1) is 6.61 Å². The SMILES string of the molecule is CC(=O)OC1(CO[Si](c2ccccc2)(c2ccccc2)C(C)(C)C)OCCS1. The van der Waals surface area contributed by atoms with Crippen molar-refractivity contribution in [1.29, 1.82) is 0 Å². The third-order valence-electron chi connectivity index (χ3n) is 4.91. The van der Waals surface area contributed by atoms with Crippen LogP contribution in [0.3, 0.4) is 0 Å². The first-order valence-electron chi connectivity index (χ1n) is 9.52. The summed E-state index contributed by atoms with van der Waals surface area (Å²) in [7, 11) is -2.70. The molecule has 1 aliphatic rings. The molecule has 1 heterocycles. The minimum absolute atomic E-state index is 0.142. The molecule has 0 radical (unpaired) electrons. The van der Waals surface area contributed by atoms with Crippen molar-refractivity contribution in [3.63, 3.8) is 0 Å². The van der Waals surface area contributed by atoms with Crippen LogP contribution in [0.5, 0.6) is 0 Å². The molecule has 28 heavy (non-hydrogen) atoms. The summed E-state index contributed by atoms with van der Waals surface area (Å²) in [5, 5.41) is 1.17. The van der Waals surface area contributed by atoms with Gasteiger partial charge in [0.1, 0.15) is 6.61 Å². The molecule has 1 saturated heterocycles. The van der Waals surface area contributed by atoms with Crippen LogP contribution in [0.1, 0.15) is 27.7 Å². The van der Waals surface area contributed by atoms with Gasteiger partial charge in [-0.1, -0.05) is 93.2 Å². The van der Waals surface area contributed by atoms with Crippen molar-refractivity contribution in [2.45, 2.75) is 37.9 Å². The average Bonchev–Trinajstić information content (AvgIpc) is 3.11. The van der Waals surface area contributed by atoms with Gasteiger partial charge >= 0.3 is 5.97 Å². The molecule has 150 valence electrons. The maximum Gasteiger partial charge on any atom is 0.305 e. The van der Waals surface area contributed by atoms with Crippen LogP contribution in [-0.2, 0) is 18.7 Å². The first-order chi connectivity index (χ1) is 13.3. The Labute approximate surface area is 172 Å². The zero-order chi connectivity index (χ0) is 20.3. The Bertz CT molecular complexity index is 744. The van der Waals surface area contributed by atoms with Gasteiger partial charge in [0.2, 0.25) is 0 Å². The highest BCUT2D eigenvalue weighted by Gasteiger charge is 2.53. The van der Waals surface area contributed by atoms with E-state index < -0.39 is 13.4 Å². The van der Waals surface area contributed by atoms with Crippen molar-refractivity contribution in [2.24, 2.45) is 0 Å². The van der Waals surface area contributed by atoms with Gasteiger partial charge in [-0.2, -0.15) is 0 Å². The summed E-state index contributed by atoms with van der Waals surface area (Å²) < 4.78 is 18.3. The maximum atomic E-state index is 11.7. The van der Waals surface area contributed by atoms with Crippen LogP contribution in [0.25, 0.3) is 0 Å². The van der Waals surface area contributed by atoms with E-state index in [2.05, 4.69) is 69.3 Å². The molecule has 2 aromatic carbocycles. The summed E-state index contributed by atoms with van der Waals surface area (Å²) in [6, 6.07) is 20.8. The summed E-state index contributed by atoms with van der Waals surface area (Å²) in [4.78, 5) is 11.7. The van der Waals surface area contributed by atoms with E-state index in [1.807, 2.05) is 12.1 Å². The predicted molar refractivity (Wildman–Crippen MR) is 116 cm³/mol. The number of rotatable bonds is 6. The molecule has 3 rings (SSSR count). The molecule has 6 heteroatoms. The maximum absolute atomic E-state index is 11.7. The van der Waals surface area contributed by atoms with E-state index in [1.54, 1.807) is 0 Å². The van der Waals surface area contributed by atoms with Gasteiger partial charge in [0.15, 0.2) is 0 Å². The second kappa shape index (κ2) is 8.41. The highest BCUT2D eigenvalue weighted by Crippen LogP contribution is 2.40. The van der Waals surface area contributed by atoms with Crippen LogP contribution >= 0.6 is 11.8 Å². The van der Waals surface area contributed by atoms with E-state index in [0.29, 0.717) is 6.61 Å². The monoisotopic (exact) mass is 416 g/mol. The zero-order valence-electron chi connectivity index (χ0n) is 16.9. The highest BCUT2D eigenvalue weighted by molar-refractivity contribution is 8.00. The first-order valence-corrected chi connectivity index (χ1v) is 12.4. The molecule has 0 aliphatic carbocycles. The summed E-state index contributed by atoms with van der Waals surface area (Å²) in [6.45, 7) is 8.82. The molecule has 0 N–H and O–H groups in total. The lowest BCUT2D eigenvalue weighted by Crippen LogP contribution is -2.67. The van der Waals surface area contributed by atoms with E-state index >= 15 is 0 Å². The molecule has 2 aromatic rings. The fourth-order valence-electron chi connectivity index (χ4n) is 3.78. The topological polar surface area (TPSA) is 44.8 Å². The Hall–Kier alpha value is -1.60. The van der Waals surface area contributed by atoms with Crippen molar-refractivity contribution >= 4 is 36.4 Å². The minimum Gasteiger partial charge on any atom is -0.421 e. The second-order valence-electron chi connectivity index (χ2n) is 7.93. The van der Waals surface area contributed by atoms with Crippen LogP contribution < -0.4 is 10.4 Å². The number of benzene rings is 2. The molecule has 0 spiro atoms. The largest absolute Gasteiger partial charge is 0.421 e. The van der Waals surface area contributed by atoms with Gasteiger partial charge in [-0.25, -0.2) is 0 Å². The molecule has 1 aliphatic heterocycles. The van der Waals surface area contributed by atoms with Crippen molar-refractivity contribution in [2.75, 3.05) is 19.0 Å². The van der Waals surface area contributed by atoms with E-state index in [4.69, 9.17) is 13.9 Å².